The molecule has 2 aliphatic heterocycles. The summed E-state index contributed by atoms with van der Waals surface area (Å²) in [4.78, 5) is 28.6. The monoisotopic (exact) mass is 396 g/mol. The summed E-state index contributed by atoms with van der Waals surface area (Å²) in [6.07, 6.45) is 0. The Balaban J connectivity index is 2.19. The highest BCUT2D eigenvalue weighted by Gasteiger charge is 2.63. The van der Waals surface area contributed by atoms with Crippen molar-refractivity contribution in [2.75, 3.05) is 18.6 Å². The number of ether oxygens (including phenoxy) is 2. The van der Waals surface area contributed by atoms with Gasteiger partial charge in [-0.1, -0.05) is 39.0 Å². The number of carbonyl (C=O) groups is 2. The zero-order valence-corrected chi connectivity index (χ0v) is 17.1. The largest absolute Gasteiger partial charge is 0.465 e. The van der Waals surface area contributed by atoms with E-state index in [9.17, 15) is 9.59 Å². The number of rotatable bonds is 2. The number of nitrogens with two attached hydrogens (primary N) is 1. The molecule has 8 heteroatoms. The van der Waals surface area contributed by atoms with Gasteiger partial charge >= 0.3 is 5.97 Å². The number of benzene rings is 1. The maximum atomic E-state index is 14.0. The van der Waals surface area contributed by atoms with Gasteiger partial charge in [-0.15, -0.1) is 5.10 Å². The Labute approximate surface area is 168 Å². The molecule has 2 aliphatic rings. The molecular weight excluding hydrogens is 372 g/mol. The number of aromatic nitrogens is 2. The summed E-state index contributed by atoms with van der Waals surface area (Å²) in [5, 5.41) is 7.30. The van der Waals surface area contributed by atoms with Gasteiger partial charge in [-0.25, -0.2) is 4.79 Å². The fraction of sp³-hybridized carbons (Fsp3) is 0.381. The van der Waals surface area contributed by atoms with E-state index in [1.165, 1.54) is 7.11 Å². The fourth-order valence-electron chi connectivity index (χ4n) is 4.36. The molecule has 29 heavy (non-hydrogen) atoms. The predicted molar refractivity (Wildman–Crippen MR) is 106 cm³/mol. The molecule has 3 heterocycles. The molecule has 0 bridgehead atoms. The number of likely N-dealkylation sites (N-methyl/N-ethyl adjacent to an activating group) is 1. The highest BCUT2D eigenvalue weighted by Crippen LogP contribution is 2.57. The smallest absolute Gasteiger partial charge is 0.340 e. The molecule has 0 aliphatic carbocycles. The van der Waals surface area contributed by atoms with Gasteiger partial charge in [0.25, 0.3) is 0 Å². The van der Waals surface area contributed by atoms with Crippen LogP contribution >= 0.6 is 0 Å². The first-order chi connectivity index (χ1) is 13.7. The Morgan fingerprint density at radius 3 is 2.66 bits per heavy atom. The van der Waals surface area contributed by atoms with Gasteiger partial charge in [-0.05, 0) is 13.0 Å². The van der Waals surface area contributed by atoms with Crippen LogP contribution in [0, 0.1) is 0 Å². The van der Waals surface area contributed by atoms with Gasteiger partial charge in [0.05, 0.1) is 12.7 Å². The lowest BCUT2D eigenvalue weighted by atomic mass is 9.66. The third-order valence-corrected chi connectivity index (χ3v) is 5.56. The Hall–Kier alpha value is -3.29. The molecule has 1 spiro atoms. The first-order valence-corrected chi connectivity index (χ1v) is 9.46. The summed E-state index contributed by atoms with van der Waals surface area (Å²) in [6.45, 7) is 8.31. The third-order valence-electron chi connectivity index (χ3n) is 5.56. The second kappa shape index (κ2) is 6.10. The van der Waals surface area contributed by atoms with Crippen molar-refractivity contribution in [1.29, 1.82) is 0 Å². The molecule has 8 nitrogen and oxygen atoms in total. The molecule has 2 aromatic rings. The number of para-hydroxylation sites is 1. The van der Waals surface area contributed by atoms with E-state index in [1.807, 2.05) is 52.0 Å². The van der Waals surface area contributed by atoms with E-state index in [1.54, 1.807) is 4.90 Å². The SMILES string of the molecule is CCN1C(=O)C2(C(C(=O)OC)=C(N)Oc3n[nH]c(C(C)(C)C)c32)c2ccccc21. The minimum Gasteiger partial charge on any atom is -0.465 e. The summed E-state index contributed by atoms with van der Waals surface area (Å²) in [7, 11) is 1.26. The Bertz CT molecular complexity index is 1060. The van der Waals surface area contributed by atoms with E-state index in [-0.39, 0.29) is 23.2 Å². The van der Waals surface area contributed by atoms with Crippen molar-refractivity contribution in [2.24, 2.45) is 5.73 Å². The summed E-state index contributed by atoms with van der Waals surface area (Å²) in [6, 6.07) is 7.40. The molecule has 0 radical (unpaired) electrons. The van der Waals surface area contributed by atoms with Crippen molar-refractivity contribution in [3.05, 3.63) is 52.5 Å². The standard InChI is InChI=1S/C21H24N4O4/c1-6-25-12-10-8-7-9-11(12)21(19(25)27)13-15(20(2,3)4)23-24-17(13)29-16(22)14(21)18(26)28-5/h7-10H,6,22H2,1-5H3,(H,23,24). The number of aromatic amines is 1. The van der Waals surface area contributed by atoms with Crippen molar-refractivity contribution in [1.82, 2.24) is 10.2 Å². The van der Waals surface area contributed by atoms with Crippen LogP contribution in [0.25, 0.3) is 0 Å². The molecule has 1 atom stereocenters. The van der Waals surface area contributed by atoms with Crippen LogP contribution in [0.2, 0.25) is 0 Å². The average Bonchev–Trinajstić information content (AvgIpc) is 3.20. The second-order valence-electron chi connectivity index (χ2n) is 8.18. The van der Waals surface area contributed by atoms with Gasteiger partial charge in [0.1, 0.15) is 11.0 Å². The lowest BCUT2D eigenvalue weighted by Crippen LogP contribution is -2.49. The number of hydrogen-bond donors (Lipinski definition) is 2. The van der Waals surface area contributed by atoms with Gasteiger partial charge < -0.3 is 20.1 Å². The highest BCUT2D eigenvalue weighted by molar-refractivity contribution is 6.18. The number of amides is 1. The Morgan fingerprint density at radius 2 is 2.03 bits per heavy atom. The second-order valence-corrected chi connectivity index (χ2v) is 8.18. The van der Waals surface area contributed by atoms with E-state index in [0.717, 1.165) is 5.69 Å². The first-order valence-electron chi connectivity index (χ1n) is 9.46. The van der Waals surface area contributed by atoms with Crippen LogP contribution in [0.15, 0.2) is 35.7 Å². The van der Waals surface area contributed by atoms with E-state index < -0.39 is 16.8 Å². The van der Waals surface area contributed by atoms with Crippen LogP contribution in [0.3, 0.4) is 0 Å². The third kappa shape index (κ3) is 2.28. The number of H-pyrrole nitrogens is 1. The fourth-order valence-corrected chi connectivity index (χ4v) is 4.36. The minimum absolute atomic E-state index is 0.0206. The first kappa shape index (κ1) is 19.0. The van der Waals surface area contributed by atoms with Gasteiger partial charge in [0, 0.05) is 28.9 Å². The minimum atomic E-state index is -1.49. The van der Waals surface area contributed by atoms with Crippen molar-refractivity contribution in [3.63, 3.8) is 0 Å². The van der Waals surface area contributed by atoms with Crippen molar-refractivity contribution >= 4 is 17.6 Å². The van der Waals surface area contributed by atoms with E-state index in [0.29, 0.717) is 23.4 Å². The normalized spacial score (nSPS) is 20.6. The molecule has 1 aromatic carbocycles. The van der Waals surface area contributed by atoms with Crippen molar-refractivity contribution in [2.45, 2.75) is 38.5 Å². The van der Waals surface area contributed by atoms with Gasteiger partial charge in [0.2, 0.25) is 17.7 Å². The van der Waals surface area contributed by atoms with E-state index in [4.69, 9.17) is 15.2 Å². The van der Waals surface area contributed by atoms with Crippen LogP contribution in [-0.2, 0) is 25.2 Å². The lowest BCUT2D eigenvalue weighted by molar-refractivity contribution is -0.138. The molecule has 0 fully saturated rings. The maximum absolute atomic E-state index is 14.0. The molecule has 1 aromatic heterocycles. The number of methoxy groups -OCH3 is 1. The zero-order chi connectivity index (χ0) is 21.1. The predicted octanol–water partition coefficient (Wildman–Crippen LogP) is 2.10. The Kier molecular flexibility index (Phi) is 4.01. The molecule has 152 valence electrons. The van der Waals surface area contributed by atoms with Crippen LogP contribution < -0.4 is 15.4 Å². The molecule has 4 rings (SSSR count). The van der Waals surface area contributed by atoms with Gasteiger partial charge in [-0.2, -0.15) is 0 Å². The number of esters is 1. The van der Waals surface area contributed by atoms with Gasteiger partial charge in [0.15, 0.2) is 0 Å². The van der Waals surface area contributed by atoms with Crippen molar-refractivity contribution < 1.29 is 19.1 Å². The maximum Gasteiger partial charge on any atom is 0.340 e. The van der Waals surface area contributed by atoms with Crippen LogP contribution in [0.1, 0.15) is 44.5 Å². The molecule has 0 saturated carbocycles. The van der Waals surface area contributed by atoms with E-state index in [2.05, 4.69) is 10.2 Å². The topological polar surface area (TPSA) is 111 Å². The lowest BCUT2D eigenvalue weighted by Gasteiger charge is -2.36. The molecule has 0 saturated heterocycles. The zero-order valence-electron chi connectivity index (χ0n) is 17.1. The highest BCUT2D eigenvalue weighted by atomic mass is 16.5. The summed E-state index contributed by atoms with van der Waals surface area (Å²) >= 11 is 0. The molecule has 1 amide bonds. The summed E-state index contributed by atoms with van der Waals surface area (Å²) < 4.78 is 10.7. The number of anilines is 1. The average molecular weight is 396 g/mol. The van der Waals surface area contributed by atoms with Gasteiger partial charge in [-0.3, -0.25) is 9.89 Å². The molecular formula is C21H24N4O4. The number of nitrogens with zero attached hydrogens (tertiary/aromatic N) is 2. The number of fused-ring (bicyclic) bond motifs is 4. The molecule has 1 unspecified atom stereocenters. The van der Waals surface area contributed by atoms with Crippen LogP contribution in [0.4, 0.5) is 5.69 Å². The number of nitrogens with one attached hydrogen (secondary N) is 1. The van der Waals surface area contributed by atoms with E-state index >= 15 is 0 Å². The number of carbonyl (C=O) groups excluding carboxylic acids is 2. The Morgan fingerprint density at radius 1 is 1.34 bits per heavy atom. The van der Waals surface area contributed by atoms with Crippen LogP contribution in [0.5, 0.6) is 5.88 Å². The number of hydrogen-bond acceptors (Lipinski definition) is 6. The quantitative estimate of drug-likeness (QED) is 0.752. The summed E-state index contributed by atoms with van der Waals surface area (Å²) in [5.74, 6) is -0.977. The molecule has 3 N–H and O–H groups in total. The summed E-state index contributed by atoms with van der Waals surface area (Å²) in [5.41, 5.74) is 6.85. The van der Waals surface area contributed by atoms with Crippen LogP contribution in [-0.4, -0.2) is 35.7 Å². The van der Waals surface area contributed by atoms with Crippen molar-refractivity contribution in [3.8, 4) is 5.88 Å².